The Morgan fingerprint density at radius 1 is 0.950 bits per heavy atom. The number of hydrogen-bond acceptors (Lipinski definition) is 3. The molecule has 4 nitrogen and oxygen atoms in total. The zero-order valence-corrected chi connectivity index (χ0v) is 24.3. The quantitative estimate of drug-likeness (QED) is 0.156. The first-order valence-electron chi connectivity index (χ1n) is 14.1. The third kappa shape index (κ3) is 8.69. The molecule has 2 aromatic carbocycles. The largest absolute Gasteiger partial charge is 0.513 e. The highest BCUT2D eigenvalue weighted by Crippen LogP contribution is 2.31. The van der Waals surface area contributed by atoms with Crippen molar-refractivity contribution in [2.24, 2.45) is 0 Å². The summed E-state index contributed by atoms with van der Waals surface area (Å²) in [5.41, 5.74) is 6.59. The van der Waals surface area contributed by atoms with Gasteiger partial charge in [0.2, 0.25) is 0 Å². The van der Waals surface area contributed by atoms with E-state index in [-0.39, 0.29) is 5.76 Å². The van der Waals surface area contributed by atoms with E-state index in [0.717, 1.165) is 54.1 Å². The molecule has 0 aliphatic heterocycles. The van der Waals surface area contributed by atoms with Gasteiger partial charge in [0.05, 0.1) is 17.1 Å². The first-order valence-corrected chi connectivity index (χ1v) is 14.1. The van der Waals surface area contributed by atoms with E-state index in [1.54, 1.807) is 19.1 Å². The van der Waals surface area contributed by atoms with Crippen molar-refractivity contribution in [3.8, 4) is 22.6 Å². The fraction of sp³-hybridized carbons (Fsp3) is 0.250. The number of aliphatic hydroxyl groups is 1. The zero-order chi connectivity index (χ0) is 28.7. The van der Waals surface area contributed by atoms with Crippen LogP contribution in [0, 0.1) is 0 Å². The van der Waals surface area contributed by atoms with E-state index in [0.29, 0.717) is 13.1 Å². The van der Waals surface area contributed by atoms with Crippen molar-refractivity contribution in [2.75, 3.05) is 13.1 Å². The van der Waals surface area contributed by atoms with E-state index in [2.05, 4.69) is 97.2 Å². The van der Waals surface area contributed by atoms with E-state index in [4.69, 9.17) is 4.98 Å². The number of allylic oxidation sites excluding steroid dienone is 6. The van der Waals surface area contributed by atoms with Gasteiger partial charge in [-0.15, -0.1) is 0 Å². The van der Waals surface area contributed by atoms with Crippen LogP contribution in [0.5, 0.6) is 0 Å². The second-order valence-electron chi connectivity index (χ2n) is 9.83. The average molecular weight is 534 g/mol. The summed E-state index contributed by atoms with van der Waals surface area (Å²) in [7, 11) is 0. The number of aromatic nitrogens is 2. The molecule has 0 saturated heterocycles. The molecule has 3 aromatic rings. The standard InChI is InChI=1S/C36H43N3O/c1-6-10-19-30(9-4)26-38(27-31(18-8-3)25-29(5)40)28-34-35(32-20-14-12-15-21-32)37-36(39(34)24-11-7-2)33-22-16-13-17-23-33/h6,8-10,12-23,25,40H,1,3,7,11,24,26-28H2,2,4-5H3/b19-10-,29-25+,30-9+,31-18+. The lowest BCUT2D eigenvalue weighted by Crippen LogP contribution is -2.29. The van der Waals surface area contributed by atoms with Crippen LogP contribution in [0.1, 0.15) is 39.3 Å². The highest BCUT2D eigenvalue weighted by Gasteiger charge is 2.22. The van der Waals surface area contributed by atoms with Gasteiger partial charge in [-0.1, -0.05) is 124 Å². The molecule has 4 heteroatoms. The van der Waals surface area contributed by atoms with E-state index < -0.39 is 0 Å². The van der Waals surface area contributed by atoms with Gasteiger partial charge in [0.25, 0.3) is 0 Å². The number of hydrogen-bond donors (Lipinski definition) is 1. The maximum Gasteiger partial charge on any atom is 0.140 e. The molecule has 3 rings (SSSR count). The molecule has 1 N–H and O–H groups in total. The fourth-order valence-electron chi connectivity index (χ4n) is 4.73. The van der Waals surface area contributed by atoms with Gasteiger partial charge in [0, 0.05) is 37.3 Å². The molecule has 0 atom stereocenters. The minimum absolute atomic E-state index is 0.273. The minimum Gasteiger partial charge on any atom is -0.513 e. The van der Waals surface area contributed by atoms with Crippen molar-refractivity contribution in [3.63, 3.8) is 0 Å². The normalized spacial score (nSPS) is 12.8. The lowest BCUT2D eigenvalue weighted by atomic mass is 10.1. The zero-order valence-electron chi connectivity index (χ0n) is 24.3. The summed E-state index contributed by atoms with van der Waals surface area (Å²) in [6, 6.07) is 20.9. The summed E-state index contributed by atoms with van der Waals surface area (Å²) in [6.45, 7) is 16.7. The van der Waals surface area contributed by atoms with E-state index >= 15 is 0 Å². The van der Waals surface area contributed by atoms with Gasteiger partial charge in [-0.05, 0) is 37.5 Å². The molecule has 40 heavy (non-hydrogen) atoms. The first-order chi connectivity index (χ1) is 19.5. The van der Waals surface area contributed by atoms with Gasteiger partial charge in [0.15, 0.2) is 0 Å². The molecule has 0 aliphatic carbocycles. The molecule has 208 valence electrons. The Bertz CT molecular complexity index is 1350. The highest BCUT2D eigenvalue weighted by molar-refractivity contribution is 5.68. The van der Waals surface area contributed by atoms with Gasteiger partial charge < -0.3 is 9.67 Å². The second-order valence-corrected chi connectivity index (χ2v) is 9.83. The Hall–Kier alpha value is -4.15. The molecule has 0 bridgehead atoms. The lowest BCUT2D eigenvalue weighted by molar-refractivity contribution is 0.307. The number of unbranched alkanes of at least 4 members (excludes halogenated alkanes) is 1. The summed E-state index contributed by atoms with van der Waals surface area (Å²) < 4.78 is 2.41. The van der Waals surface area contributed by atoms with Crippen LogP contribution in [-0.4, -0.2) is 32.6 Å². The minimum atomic E-state index is 0.273. The fourth-order valence-corrected chi connectivity index (χ4v) is 4.73. The summed E-state index contributed by atoms with van der Waals surface area (Å²) in [5, 5.41) is 10.1. The van der Waals surface area contributed by atoms with E-state index in [1.165, 1.54) is 11.3 Å². The van der Waals surface area contributed by atoms with Crippen molar-refractivity contribution < 1.29 is 5.11 Å². The molecule has 0 fully saturated rings. The van der Waals surface area contributed by atoms with Crippen LogP contribution in [0.15, 0.2) is 133 Å². The smallest absolute Gasteiger partial charge is 0.140 e. The predicted octanol–water partition coefficient (Wildman–Crippen LogP) is 9.08. The topological polar surface area (TPSA) is 41.3 Å². The molecular formula is C36H43N3O. The van der Waals surface area contributed by atoms with E-state index in [1.807, 2.05) is 30.4 Å². The van der Waals surface area contributed by atoms with Gasteiger partial charge >= 0.3 is 0 Å². The molecule has 0 spiro atoms. The van der Waals surface area contributed by atoms with Crippen LogP contribution in [0.4, 0.5) is 0 Å². The van der Waals surface area contributed by atoms with Gasteiger partial charge in [-0.2, -0.15) is 0 Å². The van der Waals surface area contributed by atoms with Crippen LogP contribution < -0.4 is 0 Å². The van der Waals surface area contributed by atoms with Gasteiger partial charge in [0.1, 0.15) is 5.82 Å². The van der Waals surface area contributed by atoms with Gasteiger partial charge in [-0.25, -0.2) is 4.98 Å². The van der Waals surface area contributed by atoms with Crippen LogP contribution in [-0.2, 0) is 13.1 Å². The molecule has 0 radical (unpaired) electrons. The van der Waals surface area contributed by atoms with Crippen molar-refractivity contribution in [1.82, 2.24) is 14.5 Å². The second kappa shape index (κ2) is 16.1. The third-order valence-electron chi connectivity index (χ3n) is 6.62. The molecule has 0 saturated carbocycles. The lowest BCUT2D eigenvalue weighted by Gasteiger charge is -2.25. The Kier molecular flexibility index (Phi) is 12.2. The SMILES string of the molecule is C=C/C=C\C(=C/C)CN(CC(/C=C(\C)O)=C/C=C)Cc1c(-c2ccccc2)nc(-c2ccccc2)n1CCCC. The highest BCUT2D eigenvalue weighted by atomic mass is 16.3. The summed E-state index contributed by atoms with van der Waals surface area (Å²) in [6.07, 6.45) is 15.7. The maximum absolute atomic E-state index is 10.1. The Labute approximate surface area is 240 Å². The molecule has 0 aliphatic rings. The maximum atomic E-state index is 10.1. The third-order valence-corrected chi connectivity index (χ3v) is 6.62. The van der Waals surface area contributed by atoms with Crippen molar-refractivity contribution in [2.45, 2.75) is 46.7 Å². The van der Waals surface area contributed by atoms with Crippen molar-refractivity contribution >= 4 is 0 Å². The van der Waals surface area contributed by atoms with Crippen molar-refractivity contribution in [3.05, 3.63) is 139 Å². The molecule has 0 amide bonds. The number of aliphatic hydroxyl groups excluding tert-OH is 1. The van der Waals surface area contributed by atoms with Crippen LogP contribution in [0.3, 0.4) is 0 Å². The number of nitrogens with zero attached hydrogens (tertiary/aromatic N) is 3. The molecule has 0 unspecified atom stereocenters. The predicted molar refractivity (Wildman–Crippen MR) is 171 cm³/mol. The van der Waals surface area contributed by atoms with Crippen molar-refractivity contribution in [1.29, 1.82) is 0 Å². The Balaban J connectivity index is 2.19. The Morgan fingerprint density at radius 2 is 1.60 bits per heavy atom. The Morgan fingerprint density at radius 3 is 2.17 bits per heavy atom. The number of rotatable bonds is 15. The summed E-state index contributed by atoms with van der Waals surface area (Å²) in [5.74, 6) is 1.27. The average Bonchev–Trinajstić information content (AvgIpc) is 3.32. The van der Waals surface area contributed by atoms with Crippen LogP contribution in [0.25, 0.3) is 22.6 Å². The van der Waals surface area contributed by atoms with E-state index in [9.17, 15) is 5.11 Å². The number of imidazole rings is 1. The monoisotopic (exact) mass is 533 g/mol. The summed E-state index contributed by atoms with van der Waals surface area (Å²) in [4.78, 5) is 7.68. The molecule has 1 heterocycles. The van der Waals surface area contributed by atoms with Crippen LogP contribution >= 0.6 is 0 Å². The number of benzene rings is 2. The molecular weight excluding hydrogens is 490 g/mol. The summed E-state index contributed by atoms with van der Waals surface area (Å²) >= 11 is 0. The first kappa shape index (κ1) is 30.4. The van der Waals surface area contributed by atoms with Gasteiger partial charge in [-0.3, -0.25) is 4.90 Å². The molecule has 1 aromatic heterocycles. The van der Waals surface area contributed by atoms with Crippen LogP contribution in [0.2, 0.25) is 0 Å².